The molecule has 0 fully saturated rings. The molecule has 0 spiro atoms. The number of aryl methyl sites for hydroxylation is 1. The van der Waals surface area contributed by atoms with Crippen LogP contribution in [-0.2, 0) is 0 Å². The van der Waals surface area contributed by atoms with Gasteiger partial charge in [-0.2, -0.15) is 0 Å². The number of nitrogens with one attached hydrogen (secondary N) is 1. The van der Waals surface area contributed by atoms with E-state index in [0.29, 0.717) is 18.1 Å². The van der Waals surface area contributed by atoms with E-state index in [-0.39, 0.29) is 0 Å². The Labute approximate surface area is 111 Å². The van der Waals surface area contributed by atoms with Gasteiger partial charge in [-0.1, -0.05) is 44.9 Å². The van der Waals surface area contributed by atoms with Crippen molar-refractivity contribution in [1.29, 1.82) is 0 Å². The Morgan fingerprint density at radius 3 is 2.83 bits per heavy atom. The molecule has 1 aliphatic heterocycles. The van der Waals surface area contributed by atoms with Crippen molar-refractivity contribution in [2.45, 2.75) is 52.7 Å². The first-order valence-corrected chi connectivity index (χ1v) is 7.16. The topological polar surface area (TPSA) is 21.3 Å². The Hall–Kier alpha value is -1.02. The minimum Gasteiger partial charge on any atom is -0.490 e. The lowest BCUT2D eigenvalue weighted by Crippen LogP contribution is -2.36. The average Bonchev–Trinajstić information content (AvgIpc) is 2.38. The molecule has 0 aromatic heterocycles. The SMILES string of the molecule is CCNC1CC(C(C)CC)Oc2ccc(C)cc21. The number of benzene rings is 1. The second-order valence-electron chi connectivity index (χ2n) is 5.43. The van der Waals surface area contributed by atoms with Crippen LogP contribution in [0.1, 0.15) is 50.8 Å². The summed E-state index contributed by atoms with van der Waals surface area (Å²) in [5, 5.41) is 3.60. The standard InChI is InChI=1S/C16H25NO/c1-5-12(4)16-10-14(17-6-2)13-9-11(3)7-8-15(13)18-16/h7-9,12,14,16-17H,5-6,10H2,1-4H3. The lowest BCUT2D eigenvalue weighted by molar-refractivity contribution is 0.0983. The summed E-state index contributed by atoms with van der Waals surface area (Å²) in [6, 6.07) is 6.97. The van der Waals surface area contributed by atoms with Gasteiger partial charge in [-0.3, -0.25) is 0 Å². The highest BCUT2D eigenvalue weighted by Gasteiger charge is 2.30. The zero-order chi connectivity index (χ0) is 13.1. The summed E-state index contributed by atoms with van der Waals surface area (Å²) in [6.07, 6.45) is 2.60. The molecule has 0 bridgehead atoms. The van der Waals surface area contributed by atoms with E-state index in [2.05, 4.69) is 51.2 Å². The van der Waals surface area contributed by atoms with Gasteiger partial charge in [0.15, 0.2) is 0 Å². The quantitative estimate of drug-likeness (QED) is 0.872. The van der Waals surface area contributed by atoms with Gasteiger partial charge in [0.25, 0.3) is 0 Å². The third-order valence-corrected chi connectivity index (χ3v) is 4.02. The molecule has 1 N–H and O–H groups in total. The predicted molar refractivity (Wildman–Crippen MR) is 76.1 cm³/mol. The Morgan fingerprint density at radius 2 is 2.17 bits per heavy atom. The van der Waals surface area contributed by atoms with E-state index in [9.17, 15) is 0 Å². The van der Waals surface area contributed by atoms with E-state index >= 15 is 0 Å². The monoisotopic (exact) mass is 247 g/mol. The molecule has 0 aliphatic carbocycles. The molecule has 2 rings (SSSR count). The first-order valence-electron chi connectivity index (χ1n) is 7.16. The Bertz CT molecular complexity index is 402. The summed E-state index contributed by atoms with van der Waals surface area (Å²) in [5.74, 6) is 1.68. The summed E-state index contributed by atoms with van der Waals surface area (Å²) in [6.45, 7) is 9.84. The van der Waals surface area contributed by atoms with E-state index in [1.54, 1.807) is 0 Å². The molecule has 3 atom stereocenters. The van der Waals surface area contributed by atoms with Gasteiger partial charge in [-0.15, -0.1) is 0 Å². The van der Waals surface area contributed by atoms with Crippen molar-refractivity contribution in [2.75, 3.05) is 6.54 Å². The lowest BCUT2D eigenvalue weighted by atomic mass is 9.89. The maximum Gasteiger partial charge on any atom is 0.124 e. The molecule has 18 heavy (non-hydrogen) atoms. The van der Waals surface area contributed by atoms with Gasteiger partial charge in [0.1, 0.15) is 11.9 Å². The molecule has 0 radical (unpaired) electrons. The smallest absolute Gasteiger partial charge is 0.124 e. The summed E-state index contributed by atoms with van der Waals surface area (Å²) in [7, 11) is 0. The summed E-state index contributed by atoms with van der Waals surface area (Å²) >= 11 is 0. The van der Waals surface area contributed by atoms with Crippen molar-refractivity contribution >= 4 is 0 Å². The van der Waals surface area contributed by atoms with E-state index in [0.717, 1.165) is 18.7 Å². The molecule has 0 saturated carbocycles. The Kier molecular flexibility index (Phi) is 4.28. The van der Waals surface area contributed by atoms with Crippen molar-refractivity contribution < 1.29 is 4.74 Å². The predicted octanol–water partition coefficient (Wildman–Crippen LogP) is 3.84. The second kappa shape index (κ2) is 5.75. The molecular formula is C16H25NO. The molecule has 2 heteroatoms. The fourth-order valence-corrected chi connectivity index (χ4v) is 2.67. The fourth-order valence-electron chi connectivity index (χ4n) is 2.67. The van der Waals surface area contributed by atoms with Gasteiger partial charge in [0.05, 0.1) is 0 Å². The van der Waals surface area contributed by atoms with E-state index in [1.807, 2.05) is 0 Å². The molecule has 1 aromatic carbocycles. The number of rotatable bonds is 4. The first-order chi connectivity index (χ1) is 8.65. The van der Waals surface area contributed by atoms with Crippen LogP contribution in [0.2, 0.25) is 0 Å². The zero-order valence-corrected chi connectivity index (χ0v) is 12.0. The Morgan fingerprint density at radius 1 is 1.39 bits per heavy atom. The Balaban J connectivity index is 2.28. The number of hydrogen-bond donors (Lipinski definition) is 1. The second-order valence-corrected chi connectivity index (χ2v) is 5.43. The van der Waals surface area contributed by atoms with E-state index < -0.39 is 0 Å². The van der Waals surface area contributed by atoms with Crippen molar-refractivity contribution in [2.24, 2.45) is 5.92 Å². The summed E-state index contributed by atoms with van der Waals surface area (Å²) in [4.78, 5) is 0. The molecule has 3 unspecified atom stereocenters. The maximum absolute atomic E-state index is 6.18. The highest BCUT2D eigenvalue weighted by molar-refractivity contribution is 5.41. The molecule has 0 saturated heterocycles. The molecule has 100 valence electrons. The number of fused-ring (bicyclic) bond motifs is 1. The molecule has 0 amide bonds. The van der Waals surface area contributed by atoms with Crippen molar-refractivity contribution in [3.05, 3.63) is 29.3 Å². The van der Waals surface area contributed by atoms with Crippen LogP contribution in [0.5, 0.6) is 5.75 Å². The third-order valence-electron chi connectivity index (χ3n) is 4.02. The minimum atomic E-state index is 0.342. The van der Waals surface area contributed by atoms with Crippen LogP contribution in [0, 0.1) is 12.8 Å². The van der Waals surface area contributed by atoms with Gasteiger partial charge in [-0.25, -0.2) is 0 Å². The van der Waals surface area contributed by atoms with Crippen LogP contribution in [0.4, 0.5) is 0 Å². The van der Waals surface area contributed by atoms with Crippen LogP contribution < -0.4 is 10.1 Å². The van der Waals surface area contributed by atoms with Gasteiger partial charge < -0.3 is 10.1 Å². The number of ether oxygens (including phenoxy) is 1. The minimum absolute atomic E-state index is 0.342. The van der Waals surface area contributed by atoms with Crippen molar-refractivity contribution in [1.82, 2.24) is 5.32 Å². The zero-order valence-electron chi connectivity index (χ0n) is 12.0. The molecule has 1 aromatic rings. The normalized spacial score (nSPS) is 24.2. The van der Waals surface area contributed by atoms with E-state index in [4.69, 9.17) is 4.74 Å². The number of hydrogen-bond acceptors (Lipinski definition) is 2. The summed E-state index contributed by atoms with van der Waals surface area (Å²) < 4.78 is 6.18. The average molecular weight is 247 g/mol. The van der Waals surface area contributed by atoms with Gasteiger partial charge in [-0.05, 0) is 25.5 Å². The fraction of sp³-hybridized carbons (Fsp3) is 0.625. The lowest BCUT2D eigenvalue weighted by Gasteiger charge is -2.35. The molecular weight excluding hydrogens is 222 g/mol. The van der Waals surface area contributed by atoms with Crippen LogP contribution >= 0.6 is 0 Å². The van der Waals surface area contributed by atoms with Crippen LogP contribution in [0.25, 0.3) is 0 Å². The maximum atomic E-state index is 6.18. The highest BCUT2D eigenvalue weighted by atomic mass is 16.5. The summed E-state index contributed by atoms with van der Waals surface area (Å²) in [5.41, 5.74) is 2.64. The van der Waals surface area contributed by atoms with Crippen LogP contribution in [0.3, 0.4) is 0 Å². The third kappa shape index (κ3) is 2.69. The molecule has 1 aliphatic rings. The van der Waals surface area contributed by atoms with Crippen molar-refractivity contribution in [3.63, 3.8) is 0 Å². The first kappa shape index (κ1) is 13.4. The van der Waals surface area contributed by atoms with Crippen LogP contribution in [0.15, 0.2) is 18.2 Å². The van der Waals surface area contributed by atoms with E-state index in [1.165, 1.54) is 17.5 Å². The van der Waals surface area contributed by atoms with Gasteiger partial charge in [0, 0.05) is 18.0 Å². The highest BCUT2D eigenvalue weighted by Crippen LogP contribution is 2.37. The van der Waals surface area contributed by atoms with Gasteiger partial charge >= 0.3 is 0 Å². The largest absolute Gasteiger partial charge is 0.490 e. The van der Waals surface area contributed by atoms with Gasteiger partial charge in [0.2, 0.25) is 0 Å². The molecule has 1 heterocycles. The molecule has 2 nitrogen and oxygen atoms in total. The van der Waals surface area contributed by atoms with Crippen molar-refractivity contribution in [3.8, 4) is 5.75 Å². The van der Waals surface area contributed by atoms with Crippen LogP contribution in [-0.4, -0.2) is 12.6 Å².